The number of nitrogens with one attached hydrogen (secondary N) is 1. The van der Waals surface area contributed by atoms with Crippen molar-refractivity contribution in [3.63, 3.8) is 0 Å². The molecule has 0 aromatic heterocycles. The summed E-state index contributed by atoms with van der Waals surface area (Å²) < 4.78 is 11.2. The van der Waals surface area contributed by atoms with Crippen LogP contribution < -0.4 is 5.32 Å². The first-order valence-corrected chi connectivity index (χ1v) is 8.58. The van der Waals surface area contributed by atoms with Gasteiger partial charge >= 0.3 is 6.09 Å². The highest BCUT2D eigenvalue weighted by molar-refractivity contribution is 6.00. The van der Waals surface area contributed by atoms with Gasteiger partial charge in [0.25, 0.3) is 5.91 Å². The Morgan fingerprint density at radius 3 is 2.72 bits per heavy atom. The van der Waals surface area contributed by atoms with Gasteiger partial charge in [-0.1, -0.05) is 13.8 Å². The van der Waals surface area contributed by atoms with Gasteiger partial charge in [0.15, 0.2) is 0 Å². The lowest BCUT2D eigenvalue weighted by Gasteiger charge is -2.48. The van der Waals surface area contributed by atoms with E-state index in [-0.39, 0.29) is 29.4 Å². The van der Waals surface area contributed by atoms with Crippen molar-refractivity contribution in [2.45, 2.75) is 39.4 Å². The maximum atomic E-state index is 12.3. The molecule has 0 aromatic carbocycles. The predicted molar refractivity (Wildman–Crippen MR) is 93.6 cm³/mol. The van der Waals surface area contributed by atoms with Gasteiger partial charge in [-0.2, -0.15) is 0 Å². The average molecular weight is 346 g/mol. The van der Waals surface area contributed by atoms with Gasteiger partial charge in [-0.15, -0.1) is 0 Å². The third-order valence-corrected chi connectivity index (χ3v) is 6.13. The van der Waals surface area contributed by atoms with Crippen molar-refractivity contribution >= 4 is 12.0 Å². The molecular formula is C19H26N2O4. The fourth-order valence-corrected chi connectivity index (χ4v) is 4.21. The van der Waals surface area contributed by atoms with E-state index in [1.807, 2.05) is 20.0 Å². The van der Waals surface area contributed by atoms with Gasteiger partial charge in [-0.3, -0.25) is 4.79 Å². The van der Waals surface area contributed by atoms with Crippen molar-refractivity contribution in [2.75, 3.05) is 21.2 Å². The maximum absolute atomic E-state index is 12.3. The topological polar surface area (TPSA) is 67.9 Å². The molecule has 1 aliphatic heterocycles. The Hall–Kier alpha value is -2.08. The molecule has 0 spiro atoms. The van der Waals surface area contributed by atoms with E-state index in [4.69, 9.17) is 9.47 Å². The summed E-state index contributed by atoms with van der Waals surface area (Å²) in [5.41, 5.74) is 3.78. The molecule has 1 N–H and O–H groups in total. The number of methoxy groups -OCH3 is 1. The second kappa shape index (κ2) is 6.02. The minimum Gasteiger partial charge on any atom is -0.443 e. The van der Waals surface area contributed by atoms with Crippen LogP contribution in [0.5, 0.6) is 0 Å². The van der Waals surface area contributed by atoms with Crippen LogP contribution in [0.25, 0.3) is 0 Å². The Bertz CT molecular complexity index is 721. The number of amides is 2. The van der Waals surface area contributed by atoms with Crippen molar-refractivity contribution in [3.05, 3.63) is 34.6 Å². The Morgan fingerprint density at radius 1 is 1.44 bits per heavy atom. The van der Waals surface area contributed by atoms with E-state index in [1.54, 1.807) is 19.1 Å². The molecule has 4 atom stereocenters. The van der Waals surface area contributed by atoms with Crippen LogP contribution >= 0.6 is 0 Å². The molecule has 3 aliphatic rings. The number of alkyl carbamates (subject to hydrolysis) is 1. The molecule has 2 aliphatic carbocycles. The number of hydrogen-bond donors (Lipinski definition) is 1. The van der Waals surface area contributed by atoms with E-state index >= 15 is 0 Å². The number of rotatable bonds is 2. The number of ether oxygens (including phenoxy) is 2. The molecule has 6 heteroatoms. The molecule has 0 fully saturated rings. The molecule has 0 aromatic rings. The summed E-state index contributed by atoms with van der Waals surface area (Å²) in [6, 6.07) is 0. The van der Waals surface area contributed by atoms with E-state index < -0.39 is 6.09 Å². The van der Waals surface area contributed by atoms with Crippen LogP contribution in [0.1, 0.15) is 27.2 Å². The standard InChI is InChI=1S/C19H26N2O4/c1-10-13-9-19(3)11(2)16(25-18(23)20-4)15(24-6)8-12(19)7-14(13)21(5)17(10)22/h7-8,11,15-16H,9H2,1-6H3,(H,20,23)/t11-,15+,16+,19+/m0/s1. The molecule has 25 heavy (non-hydrogen) atoms. The first-order valence-electron chi connectivity index (χ1n) is 8.58. The fraction of sp³-hybridized carbons (Fsp3) is 0.579. The summed E-state index contributed by atoms with van der Waals surface area (Å²) >= 11 is 0. The Kier molecular flexibility index (Phi) is 4.27. The second-order valence-electron chi connectivity index (χ2n) is 7.32. The minimum atomic E-state index is -0.461. The molecule has 2 amide bonds. The number of likely N-dealkylation sites (N-methyl/N-ethyl adjacent to an activating group) is 1. The summed E-state index contributed by atoms with van der Waals surface area (Å²) in [6.07, 6.45) is 3.70. The molecule has 0 saturated carbocycles. The zero-order valence-corrected chi connectivity index (χ0v) is 15.7. The number of fused-ring (bicyclic) bond motifs is 2. The number of hydrogen-bond acceptors (Lipinski definition) is 4. The molecule has 3 rings (SSSR count). The summed E-state index contributed by atoms with van der Waals surface area (Å²) in [5.74, 6) is 0.0899. The van der Waals surface area contributed by atoms with Gasteiger partial charge in [-0.25, -0.2) is 4.79 Å². The Labute approximate surface area is 148 Å². The summed E-state index contributed by atoms with van der Waals surface area (Å²) in [7, 11) is 4.98. The second-order valence-corrected chi connectivity index (χ2v) is 7.32. The third-order valence-electron chi connectivity index (χ3n) is 6.13. The minimum absolute atomic E-state index is 0.0360. The zero-order chi connectivity index (χ0) is 18.5. The molecule has 0 saturated heterocycles. The Morgan fingerprint density at radius 2 is 2.12 bits per heavy atom. The summed E-state index contributed by atoms with van der Waals surface area (Å²) in [5, 5.41) is 2.51. The number of allylic oxidation sites excluding steroid dienone is 3. The van der Waals surface area contributed by atoms with Gasteiger partial charge in [-0.05, 0) is 36.6 Å². The SMILES string of the molecule is CNC(=O)O[C@H]1[C@H](OC)C=C2C=C3C(=C(C)C(=O)N3C)C[C@]2(C)[C@H]1C. The number of carbonyl (C=O) groups excluding carboxylic acids is 2. The molecule has 0 bridgehead atoms. The van der Waals surface area contributed by atoms with Crippen LogP contribution in [-0.2, 0) is 14.3 Å². The first-order chi connectivity index (χ1) is 11.7. The van der Waals surface area contributed by atoms with Crippen molar-refractivity contribution in [2.24, 2.45) is 11.3 Å². The van der Waals surface area contributed by atoms with Gasteiger partial charge in [0.2, 0.25) is 0 Å². The highest BCUT2D eigenvalue weighted by atomic mass is 16.6. The third kappa shape index (κ3) is 2.51. The van der Waals surface area contributed by atoms with Gasteiger partial charge < -0.3 is 19.7 Å². The molecule has 1 heterocycles. The van der Waals surface area contributed by atoms with Gasteiger partial charge in [0.1, 0.15) is 12.2 Å². The lowest BCUT2D eigenvalue weighted by Crippen LogP contribution is -2.50. The molecule has 0 unspecified atom stereocenters. The van der Waals surface area contributed by atoms with Crippen LogP contribution in [0.4, 0.5) is 4.79 Å². The first kappa shape index (κ1) is 17.7. The molecular weight excluding hydrogens is 320 g/mol. The van der Waals surface area contributed by atoms with Crippen molar-refractivity contribution in [3.8, 4) is 0 Å². The molecule has 0 radical (unpaired) electrons. The van der Waals surface area contributed by atoms with Crippen LogP contribution in [0.3, 0.4) is 0 Å². The van der Waals surface area contributed by atoms with E-state index in [2.05, 4.69) is 25.2 Å². The highest BCUT2D eigenvalue weighted by Crippen LogP contribution is 2.54. The van der Waals surface area contributed by atoms with E-state index in [1.165, 1.54) is 0 Å². The quantitative estimate of drug-likeness (QED) is 0.834. The van der Waals surface area contributed by atoms with Crippen molar-refractivity contribution < 1.29 is 19.1 Å². The fourth-order valence-electron chi connectivity index (χ4n) is 4.21. The van der Waals surface area contributed by atoms with Crippen LogP contribution in [-0.4, -0.2) is 50.3 Å². The lowest BCUT2D eigenvalue weighted by molar-refractivity contribution is -0.123. The van der Waals surface area contributed by atoms with Crippen molar-refractivity contribution in [1.29, 1.82) is 0 Å². The number of carbonyl (C=O) groups is 2. The zero-order valence-electron chi connectivity index (χ0n) is 15.7. The lowest BCUT2D eigenvalue weighted by atomic mass is 9.59. The normalized spacial score (nSPS) is 34.2. The maximum Gasteiger partial charge on any atom is 0.407 e. The molecule has 136 valence electrons. The van der Waals surface area contributed by atoms with Crippen LogP contribution in [0, 0.1) is 11.3 Å². The van der Waals surface area contributed by atoms with E-state index in [9.17, 15) is 9.59 Å². The summed E-state index contributed by atoms with van der Waals surface area (Å²) in [6.45, 7) is 6.14. The number of nitrogens with zero attached hydrogens (tertiary/aromatic N) is 1. The average Bonchev–Trinajstić information content (AvgIpc) is 2.80. The highest BCUT2D eigenvalue weighted by Gasteiger charge is 2.51. The van der Waals surface area contributed by atoms with E-state index in [0.717, 1.165) is 28.8 Å². The largest absolute Gasteiger partial charge is 0.443 e. The van der Waals surface area contributed by atoms with Crippen LogP contribution in [0.2, 0.25) is 0 Å². The van der Waals surface area contributed by atoms with Gasteiger partial charge in [0.05, 0.1) is 0 Å². The smallest absolute Gasteiger partial charge is 0.407 e. The molecule has 6 nitrogen and oxygen atoms in total. The summed E-state index contributed by atoms with van der Waals surface area (Å²) in [4.78, 5) is 25.8. The Balaban J connectivity index is 2.07. The van der Waals surface area contributed by atoms with Gasteiger partial charge in [0, 0.05) is 43.8 Å². The van der Waals surface area contributed by atoms with Crippen LogP contribution in [0.15, 0.2) is 34.6 Å². The predicted octanol–water partition coefficient (Wildman–Crippen LogP) is 2.38. The van der Waals surface area contributed by atoms with E-state index in [0.29, 0.717) is 0 Å². The van der Waals surface area contributed by atoms with Crippen molar-refractivity contribution in [1.82, 2.24) is 10.2 Å². The monoisotopic (exact) mass is 346 g/mol.